The number of benzene rings is 3. The summed E-state index contributed by atoms with van der Waals surface area (Å²) in [5.41, 5.74) is 3.70. The zero-order valence-corrected chi connectivity index (χ0v) is 27.4. The van der Waals surface area contributed by atoms with Crippen molar-refractivity contribution in [3.05, 3.63) is 91.1 Å². The van der Waals surface area contributed by atoms with E-state index in [4.69, 9.17) is 29.6 Å². The van der Waals surface area contributed by atoms with Crippen LogP contribution in [-0.2, 0) is 20.8 Å². The molecule has 0 fully saturated rings. The van der Waals surface area contributed by atoms with E-state index in [2.05, 4.69) is 29.2 Å². The molecule has 0 atom stereocenters. The fraction of sp³-hybridized carbons (Fsp3) is 0.276. The van der Waals surface area contributed by atoms with Crippen molar-refractivity contribution in [1.29, 1.82) is 0 Å². The van der Waals surface area contributed by atoms with Crippen LogP contribution in [-0.4, -0.2) is 77.4 Å². The predicted molar refractivity (Wildman–Crippen MR) is 163 cm³/mol. The number of pyridine rings is 1. The van der Waals surface area contributed by atoms with Gasteiger partial charge in [-0.25, -0.2) is 0 Å². The van der Waals surface area contributed by atoms with E-state index in [-0.39, 0.29) is 0 Å². The maximum atomic E-state index is 6.47. The number of hydrogen-bond acceptors (Lipinski definition) is 9. The van der Waals surface area contributed by atoms with E-state index >= 15 is 0 Å². The highest BCUT2D eigenvalue weighted by Gasteiger charge is 2.49. The van der Waals surface area contributed by atoms with Gasteiger partial charge in [0.25, 0.3) is 0 Å². The van der Waals surface area contributed by atoms with Gasteiger partial charge in [0.2, 0.25) is 0 Å². The Labute approximate surface area is 257 Å². The van der Waals surface area contributed by atoms with Crippen LogP contribution in [0.5, 0.6) is 5.75 Å². The third-order valence-electron chi connectivity index (χ3n) is 5.90. The van der Waals surface area contributed by atoms with Gasteiger partial charge in [-0.2, -0.15) is 0 Å². The van der Waals surface area contributed by atoms with E-state index < -0.39 is 45.4 Å². The molecule has 9 nitrogen and oxygen atoms in total. The lowest BCUT2D eigenvalue weighted by Crippen LogP contribution is -2.45. The van der Waals surface area contributed by atoms with Gasteiger partial charge in [0.1, 0.15) is 11.3 Å². The second-order valence-corrected chi connectivity index (χ2v) is 14.4. The molecule has 0 bridgehead atoms. The van der Waals surface area contributed by atoms with Crippen LogP contribution in [0.25, 0.3) is 10.9 Å². The minimum Gasteiger partial charge on any atom is -0.599 e. The van der Waals surface area contributed by atoms with Crippen LogP contribution in [0.2, 0.25) is 0 Å². The minimum atomic E-state index is -2.90. The summed E-state index contributed by atoms with van der Waals surface area (Å²) >= 11 is -7.91. The molecule has 0 amide bonds. The molecule has 1 heterocycles. The minimum absolute atomic E-state index is 0.462. The normalized spacial score (nSPS) is 10.9. The molecule has 0 radical (unpaired) electrons. The van der Waals surface area contributed by atoms with Gasteiger partial charge >= 0.3 is 45.4 Å². The molecule has 0 spiro atoms. The molecule has 0 unspecified atom stereocenters. The molecule has 0 aliphatic heterocycles. The highest BCUT2D eigenvalue weighted by Crippen LogP contribution is 2.40. The van der Waals surface area contributed by atoms with Crippen LogP contribution in [0.4, 0.5) is 17.1 Å². The second kappa shape index (κ2) is 17.2. The topological polar surface area (TPSA) is 80.7 Å². The first-order chi connectivity index (χ1) is 20.2. The van der Waals surface area contributed by atoms with Crippen LogP contribution in [0.1, 0.15) is 27.2 Å². The first-order valence-electron chi connectivity index (χ1n) is 13.8. The van der Waals surface area contributed by atoms with E-state index in [0.29, 0.717) is 31.1 Å². The van der Waals surface area contributed by atoms with Crippen molar-refractivity contribution >= 4 is 73.4 Å². The van der Waals surface area contributed by atoms with Crippen molar-refractivity contribution in [3.63, 3.8) is 0 Å². The maximum Gasteiger partial charge on any atom is 0.945 e. The van der Waals surface area contributed by atoms with Gasteiger partial charge in [0, 0.05) is 49.9 Å². The van der Waals surface area contributed by atoms with E-state index in [1.54, 1.807) is 13.3 Å². The summed E-state index contributed by atoms with van der Waals surface area (Å²) in [6, 6.07) is 28.4. The summed E-state index contributed by atoms with van der Waals surface area (Å²) in [6.45, 7) is 7.28. The molecule has 0 N–H and O–H groups in total. The van der Waals surface area contributed by atoms with Gasteiger partial charge in [-0.1, -0.05) is 43.3 Å². The fourth-order valence-corrected chi connectivity index (χ4v) is 9.87. The van der Waals surface area contributed by atoms with Gasteiger partial charge in [-0.3, -0.25) is 4.98 Å². The molecule has 0 saturated heterocycles. The number of aromatic nitrogens is 1. The van der Waals surface area contributed by atoms with Crippen LogP contribution >= 0.6 is 0 Å². The number of nitrogens with zero attached hydrogens (tertiary/aromatic N) is 2. The molecular formula is C29H35Al3N2O7. The van der Waals surface area contributed by atoms with Crippen molar-refractivity contribution in [2.75, 3.05) is 31.8 Å². The smallest absolute Gasteiger partial charge is 0.599 e. The molecule has 0 saturated carbocycles. The van der Waals surface area contributed by atoms with Crippen LogP contribution < -0.4 is 8.69 Å². The van der Waals surface area contributed by atoms with Crippen LogP contribution in [0.15, 0.2) is 91.1 Å². The summed E-state index contributed by atoms with van der Waals surface area (Å²) in [5.74, 6) is 0.544. The SMILES string of the molecule is CCC[O][Al]([O]C)[O][Al]([O]c1ccc(N(c2ccccc2)c2ccccc2)c2cccnc12)[O][Al]([O]CC)[O]CC. The number of anilines is 3. The van der Waals surface area contributed by atoms with Crippen molar-refractivity contribution in [2.24, 2.45) is 0 Å². The van der Waals surface area contributed by atoms with E-state index in [1.807, 2.05) is 81.4 Å². The second-order valence-electron chi connectivity index (χ2n) is 8.76. The quantitative estimate of drug-likeness (QED) is 0.131. The Bertz CT molecular complexity index is 1280. The molecule has 0 aliphatic carbocycles. The first-order valence-corrected chi connectivity index (χ1v) is 18.1. The van der Waals surface area contributed by atoms with Crippen LogP contribution in [0, 0.1) is 0 Å². The molecular weight excluding hydrogens is 569 g/mol. The van der Waals surface area contributed by atoms with Gasteiger partial charge in [0.05, 0.1) is 5.69 Å². The summed E-state index contributed by atoms with van der Waals surface area (Å²) in [6.07, 6.45) is 2.59. The van der Waals surface area contributed by atoms with Crippen molar-refractivity contribution in [1.82, 2.24) is 4.98 Å². The number of hydrogen-bond donors (Lipinski definition) is 0. The fourth-order valence-electron chi connectivity index (χ4n) is 4.15. The van der Waals surface area contributed by atoms with E-state index in [9.17, 15) is 0 Å². The van der Waals surface area contributed by atoms with Gasteiger partial charge in [-0.15, -0.1) is 0 Å². The number of fused-ring (bicyclic) bond motifs is 1. The highest BCUT2D eigenvalue weighted by molar-refractivity contribution is 6.58. The zero-order chi connectivity index (χ0) is 28.9. The zero-order valence-electron chi connectivity index (χ0n) is 24.0. The number of rotatable bonds is 17. The molecule has 4 rings (SSSR count). The lowest BCUT2D eigenvalue weighted by molar-refractivity contribution is 0.110. The third kappa shape index (κ3) is 9.01. The highest BCUT2D eigenvalue weighted by atomic mass is 27.4. The van der Waals surface area contributed by atoms with Gasteiger partial charge in [0.15, 0.2) is 0 Å². The van der Waals surface area contributed by atoms with Crippen molar-refractivity contribution in [2.45, 2.75) is 27.2 Å². The van der Waals surface area contributed by atoms with E-state index in [1.165, 1.54) is 0 Å². The molecule has 0 aliphatic rings. The summed E-state index contributed by atoms with van der Waals surface area (Å²) < 4.78 is 41.8. The Morgan fingerprint density at radius 2 is 1.32 bits per heavy atom. The van der Waals surface area contributed by atoms with E-state index in [0.717, 1.165) is 28.9 Å². The average molecular weight is 605 g/mol. The Morgan fingerprint density at radius 1 is 0.683 bits per heavy atom. The monoisotopic (exact) mass is 604 g/mol. The molecule has 12 heteroatoms. The van der Waals surface area contributed by atoms with Gasteiger partial charge < -0.3 is 29.5 Å². The number of para-hydroxylation sites is 2. The Kier molecular flexibility index (Phi) is 13.4. The van der Waals surface area contributed by atoms with Crippen molar-refractivity contribution < 1.29 is 24.6 Å². The Morgan fingerprint density at radius 3 is 1.90 bits per heavy atom. The Balaban J connectivity index is 1.73. The molecule has 41 heavy (non-hydrogen) atoms. The summed E-state index contributed by atoms with van der Waals surface area (Å²) in [5, 5.41) is 0.914. The molecule has 3 aromatic carbocycles. The summed E-state index contributed by atoms with van der Waals surface area (Å²) in [7, 11) is 1.57. The first kappa shape index (κ1) is 32.0. The maximum absolute atomic E-state index is 6.47. The third-order valence-corrected chi connectivity index (χ3v) is 12.0. The lowest BCUT2D eigenvalue weighted by Gasteiger charge is -2.27. The van der Waals surface area contributed by atoms with Crippen molar-refractivity contribution in [3.8, 4) is 5.75 Å². The van der Waals surface area contributed by atoms with Gasteiger partial charge in [-0.05, 0) is 68.8 Å². The molecule has 212 valence electrons. The lowest BCUT2D eigenvalue weighted by atomic mass is 10.1. The standard InChI is InChI=1S/C21H16N2O.C3H7O.2C2H5O.CH3O.3Al.2O/c24-20-14-13-19(18-12-7-15-22-21(18)20)23(16-8-3-1-4-9-16)17-10-5-2-6-11-17;1-2-3-4;2*1-2-3;1-2;;;;;/h1-15,24H;2-3H2,1H3;2*2H2,1H3;1H3;;;;;/q;4*-1;+1;2*+2;;/p-1. The molecule has 4 aromatic rings. The largest absolute Gasteiger partial charge is 0.945 e. The Hall–Kier alpha value is -1.97. The predicted octanol–water partition coefficient (Wildman–Crippen LogP) is 6.22. The van der Waals surface area contributed by atoms with Crippen LogP contribution in [0.3, 0.4) is 0 Å². The molecule has 1 aromatic heterocycles. The summed E-state index contributed by atoms with van der Waals surface area (Å²) in [4.78, 5) is 6.93. The average Bonchev–Trinajstić information content (AvgIpc) is 3.01.